The van der Waals surface area contributed by atoms with Gasteiger partial charge in [-0.2, -0.15) is 0 Å². The van der Waals surface area contributed by atoms with Gasteiger partial charge in [-0.15, -0.1) is 0 Å². The van der Waals surface area contributed by atoms with Crippen molar-refractivity contribution in [1.29, 1.82) is 0 Å². The van der Waals surface area contributed by atoms with E-state index in [1.54, 1.807) is 0 Å². The largest absolute Gasteiger partial charge is 0.462 e. The first-order chi connectivity index (χ1) is 11.3. The van der Waals surface area contributed by atoms with Crippen LogP contribution in [0.15, 0.2) is 0 Å². The Balaban J connectivity index is 1.85. The molecule has 6 heteroatoms. The van der Waals surface area contributed by atoms with E-state index in [1.165, 1.54) is 0 Å². The van der Waals surface area contributed by atoms with Crippen molar-refractivity contribution >= 4 is 12.1 Å². The number of nitrogens with one attached hydrogen (secondary N) is 1. The zero-order valence-electron chi connectivity index (χ0n) is 14.8. The van der Waals surface area contributed by atoms with Gasteiger partial charge in [-0.1, -0.05) is 13.8 Å². The molecule has 1 saturated heterocycles. The second-order valence-electron chi connectivity index (χ2n) is 8.10. The maximum Gasteiger partial charge on any atom is 0.407 e. The first kappa shape index (κ1) is 17.5. The predicted molar refractivity (Wildman–Crippen MR) is 87.2 cm³/mol. The standard InChI is InChI=1S/C18H29NO5/c1-4-19-16(22)24-14-7-8-17(2)11-9-15(21)23-12(11)5-6-13(17)18(14,3)10-20/h11-14,20H,4-10H2,1-3H3,(H,19,22)/t11-,12-,13+,14-,17+,18+/m1/s1. The number of ether oxygens (including phenoxy) is 2. The molecule has 2 N–H and O–H groups in total. The zero-order valence-corrected chi connectivity index (χ0v) is 14.8. The number of fused-ring (bicyclic) bond motifs is 3. The molecule has 24 heavy (non-hydrogen) atoms. The Kier molecular flexibility index (Phi) is 4.53. The lowest BCUT2D eigenvalue weighted by Crippen LogP contribution is -2.60. The van der Waals surface area contributed by atoms with Gasteiger partial charge >= 0.3 is 12.1 Å². The first-order valence-corrected chi connectivity index (χ1v) is 9.10. The maximum absolute atomic E-state index is 11.9. The molecule has 0 bridgehead atoms. The van der Waals surface area contributed by atoms with Crippen molar-refractivity contribution in [3.8, 4) is 0 Å². The van der Waals surface area contributed by atoms with Gasteiger partial charge in [0.2, 0.25) is 0 Å². The average molecular weight is 339 g/mol. The molecule has 0 aromatic carbocycles. The van der Waals surface area contributed by atoms with E-state index in [9.17, 15) is 14.7 Å². The molecule has 2 saturated carbocycles. The summed E-state index contributed by atoms with van der Waals surface area (Å²) in [6.07, 6.45) is 3.08. The van der Waals surface area contributed by atoms with Gasteiger partial charge in [-0.05, 0) is 43.9 Å². The fraction of sp³-hybridized carbons (Fsp3) is 0.889. The van der Waals surface area contributed by atoms with Crippen LogP contribution in [0, 0.1) is 22.7 Å². The normalized spacial score (nSPS) is 44.2. The third-order valence-corrected chi connectivity index (χ3v) is 6.89. The molecular weight excluding hydrogens is 310 g/mol. The van der Waals surface area contributed by atoms with Gasteiger partial charge in [-0.25, -0.2) is 4.79 Å². The van der Waals surface area contributed by atoms with Crippen LogP contribution < -0.4 is 5.32 Å². The van der Waals surface area contributed by atoms with Gasteiger partial charge in [-0.3, -0.25) is 4.79 Å². The minimum absolute atomic E-state index is 0.0163. The lowest BCUT2D eigenvalue weighted by molar-refractivity contribution is -0.175. The van der Waals surface area contributed by atoms with E-state index in [0.29, 0.717) is 19.4 Å². The van der Waals surface area contributed by atoms with Gasteiger partial charge in [0.05, 0.1) is 13.0 Å². The number of amides is 1. The van der Waals surface area contributed by atoms with Crippen molar-refractivity contribution in [3.05, 3.63) is 0 Å². The molecule has 0 radical (unpaired) electrons. The molecule has 3 rings (SSSR count). The van der Waals surface area contributed by atoms with Crippen molar-refractivity contribution in [2.24, 2.45) is 22.7 Å². The number of hydrogen-bond acceptors (Lipinski definition) is 5. The van der Waals surface area contributed by atoms with Crippen LogP contribution in [0.2, 0.25) is 0 Å². The second-order valence-corrected chi connectivity index (χ2v) is 8.10. The zero-order chi connectivity index (χ0) is 17.5. The van der Waals surface area contributed by atoms with Crippen LogP contribution in [0.3, 0.4) is 0 Å². The molecule has 0 spiro atoms. The Morgan fingerprint density at radius 3 is 2.79 bits per heavy atom. The van der Waals surface area contributed by atoms with Crippen LogP contribution in [-0.2, 0) is 14.3 Å². The summed E-state index contributed by atoms with van der Waals surface area (Å²) in [6, 6.07) is 0. The highest BCUT2D eigenvalue weighted by molar-refractivity contribution is 5.72. The summed E-state index contributed by atoms with van der Waals surface area (Å²) in [4.78, 5) is 23.7. The minimum Gasteiger partial charge on any atom is -0.462 e. The Morgan fingerprint density at radius 1 is 1.38 bits per heavy atom. The van der Waals surface area contributed by atoms with Crippen molar-refractivity contribution in [2.45, 2.75) is 65.1 Å². The smallest absolute Gasteiger partial charge is 0.407 e. The number of hydrogen-bond donors (Lipinski definition) is 2. The highest BCUT2D eigenvalue weighted by atomic mass is 16.6. The van der Waals surface area contributed by atoms with Gasteiger partial charge in [0.1, 0.15) is 12.2 Å². The van der Waals surface area contributed by atoms with E-state index in [0.717, 1.165) is 19.3 Å². The fourth-order valence-corrected chi connectivity index (χ4v) is 5.61. The number of aliphatic hydroxyl groups excluding tert-OH is 1. The van der Waals surface area contributed by atoms with Crippen molar-refractivity contribution in [1.82, 2.24) is 5.32 Å². The van der Waals surface area contributed by atoms with Crippen LogP contribution in [0.25, 0.3) is 0 Å². The van der Waals surface area contributed by atoms with Crippen molar-refractivity contribution < 1.29 is 24.2 Å². The van der Waals surface area contributed by atoms with Crippen LogP contribution in [0.5, 0.6) is 0 Å². The van der Waals surface area contributed by atoms with Crippen LogP contribution in [0.4, 0.5) is 4.79 Å². The van der Waals surface area contributed by atoms with Gasteiger partial charge in [0.25, 0.3) is 0 Å². The summed E-state index contributed by atoms with van der Waals surface area (Å²) >= 11 is 0. The molecule has 0 aromatic heterocycles. The molecular formula is C18H29NO5. The molecule has 3 aliphatic rings. The van der Waals surface area contributed by atoms with Gasteiger partial charge < -0.3 is 19.9 Å². The minimum atomic E-state index is -0.491. The number of carbonyl (C=O) groups excluding carboxylic acids is 2. The Labute approximate surface area is 143 Å². The molecule has 1 heterocycles. The molecule has 6 nitrogen and oxygen atoms in total. The van der Waals surface area contributed by atoms with Crippen LogP contribution >= 0.6 is 0 Å². The van der Waals surface area contributed by atoms with Crippen LogP contribution in [0.1, 0.15) is 52.9 Å². The lowest BCUT2D eigenvalue weighted by atomic mass is 9.46. The highest BCUT2D eigenvalue weighted by Gasteiger charge is 2.62. The maximum atomic E-state index is 11.9. The SMILES string of the molecule is CCNC(=O)O[C@@H]1CC[C@]2(C)[C@H](CC[C@H]3OC(=O)C[C@H]32)[C@]1(C)CO. The molecule has 0 aromatic rings. The fourth-order valence-electron chi connectivity index (χ4n) is 5.61. The molecule has 136 valence electrons. The molecule has 1 amide bonds. The van der Waals surface area contributed by atoms with Gasteiger partial charge in [0, 0.05) is 17.9 Å². The van der Waals surface area contributed by atoms with E-state index in [-0.39, 0.29) is 42.0 Å². The highest BCUT2D eigenvalue weighted by Crippen LogP contribution is 2.62. The number of alkyl carbamates (subject to hydrolysis) is 1. The van der Waals surface area contributed by atoms with E-state index >= 15 is 0 Å². The van der Waals surface area contributed by atoms with E-state index in [1.807, 2.05) is 13.8 Å². The number of esters is 1. The van der Waals surface area contributed by atoms with E-state index in [2.05, 4.69) is 12.2 Å². The lowest BCUT2D eigenvalue weighted by Gasteiger charge is -2.59. The summed E-state index contributed by atoms with van der Waals surface area (Å²) in [7, 11) is 0. The second kappa shape index (κ2) is 6.21. The first-order valence-electron chi connectivity index (χ1n) is 9.10. The summed E-state index contributed by atoms with van der Waals surface area (Å²) in [5.74, 6) is 0.317. The summed E-state index contributed by atoms with van der Waals surface area (Å²) in [5, 5.41) is 12.9. The molecule has 6 atom stereocenters. The number of carbonyl (C=O) groups is 2. The number of aliphatic hydroxyl groups is 1. The monoisotopic (exact) mass is 339 g/mol. The van der Waals surface area contributed by atoms with Crippen LogP contribution in [-0.4, -0.2) is 42.5 Å². The Morgan fingerprint density at radius 2 is 2.12 bits per heavy atom. The summed E-state index contributed by atoms with van der Waals surface area (Å²) in [5.41, 5.74) is -0.553. The van der Waals surface area contributed by atoms with Crippen molar-refractivity contribution in [2.75, 3.05) is 13.2 Å². The molecule has 2 aliphatic carbocycles. The topological polar surface area (TPSA) is 84.9 Å². The summed E-state index contributed by atoms with van der Waals surface area (Å²) < 4.78 is 11.2. The average Bonchev–Trinajstić information content (AvgIpc) is 2.92. The third kappa shape index (κ3) is 2.59. The van der Waals surface area contributed by atoms with Crippen molar-refractivity contribution in [3.63, 3.8) is 0 Å². The predicted octanol–water partition coefficient (Wildman–Crippen LogP) is 2.24. The Hall–Kier alpha value is -1.30. The molecule has 1 aliphatic heterocycles. The van der Waals surface area contributed by atoms with Gasteiger partial charge in [0.15, 0.2) is 0 Å². The number of rotatable bonds is 3. The van der Waals surface area contributed by atoms with E-state index in [4.69, 9.17) is 9.47 Å². The molecule has 0 unspecified atom stereocenters. The quantitative estimate of drug-likeness (QED) is 0.770. The third-order valence-electron chi connectivity index (χ3n) is 6.89. The molecule has 3 fully saturated rings. The summed E-state index contributed by atoms with van der Waals surface area (Å²) in [6.45, 7) is 6.60. The van der Waals surface area contributed by atoms with E-state index < -0.39 is 11.5 Å². The Bertz CT molecular complexity index is 524.